The summed E-state index contributed by atoms with van der Waals surface area (Å²) in [6.45, 7) is 0.692. The number of aromatic nitrogens is 3. The van der Waals surface area contributed by atoms with E-state index in [1.54, 1.807) is 12.1 Å². The van der Waals surface area contributed by atoms with E-state index in [0.717, 1.165) is 5.56 Å². The molecule has 0 unspecified atom stereocenters. The summed E-state index contributed by atoms with van der Waals surface area (Å²) in [5, 5.41) is 12.1. The molecule has 3 aromatic carbocycles. The summed E-state index contributed by atoms with van der Waals surface area (Å²) in [7, 11) is 0. The van der Waals surface area contributed by atoms with Crippen LogP contribution in [0, 0.1) is 5.82 Å². The van der Waals surface area contributed by atoms with Gasteiger partial charge in [-0.2, -0.15) is 0 Å². The van der Waals surface area contributed by atoms with Crippen LogP contribution in [0.2, 0.25) is 0 Å². The molecule has 0 fully saturated rings. The third-order valence-electron chi connectivity index (χ3n) is 5.18. The van der Waals surface area contributed by atoms with Gasteiger partial charge in [-0.3, -0.25) is 9.36 Å². The van der Waals surface area contributed by atoms with E-state index in [1.165, 1.54) is 23.9 Å². The Bertz CT molecular complexity index is 1280. The van der Waals surface area contributed by atoms with Crippen LogP contribution in [0.25, 0.3) is 17.1 Å². The quantitative estimate of drug-likeness (QED) is 0.405. The van der Waals surface area contributed by atoms with Crippen LogP contribution in [0.15, 0.2) is 84.0 Å². The van der Waals surface area contributed by atoms with E-state index >= 15 is 0 Å². The molecule has 1 atom stereocenters. The van der Waals surface area contributed by atoms with E-state index < -0.39 is 0 Å². The summed E-state index contributed by atoms with van der Waals surface area (Å²) in [4.78, 5) is 12.5. The number of nitrogens with zero attached hydrogens (tertiary/aromatic N) is 3. The average Bonchev–Trinajstić information content (AvgIpc) is 3.31. The fourth-order valence-corrected chi connectivity index (χ4v) is 4.31. The van der Waals surface area contributed by atoms with Crippen molar-refractivity contribution in [3.05, 3.63) is 84.7 Å². The maximum atomic E-state index is 13.5. The molecule has 9 heteroatoms. The van der Waals surface area contributed by atoms with Gasteiger partial charge in [0.2, 0.25) is 5.91 Å². The lowest BCUT2D eigenvalue weighted by Crippen LogP contribution is -2.41. The van der Waals surface area contributed by atoms with Gasteiger partial charge in [-0.25, -0.2) is 4.39 Å². The molecule has 34 heavy (non-hydrogen) atoms. The summed E-state index contributed by atoms with van der Waals surface area (Å²) in [6.07, 6.45) is -0.267. The SMILES string of the molecule is O=C(CSc1nnc(-c2ccccc2)n1-c1ccc(F)cc1)NC[C@@H]1COc2ccccc2O1. The Morgan fingerprint density at radius 2 is 1.74 bits per heavy atom. The predicted molar refractivity (Wildman–Crippen MR) is 127 cm³/mol. The first kappa shape index (κ1) is 22.0. The number of rotatable bonds is 7. The van der Waals surface area contributed by atoms with Gasteiger partial charge in [-0.15, -0.1) is 10.2 Å². The molecular formula is C25H21FN4O3S. The second kappa shape index (κ2) is 9.96. The summed E-state index contributed by atoms with van der Waals surface area (Å²) in [5.74, 6) is 1.63. The van der Waals surface area contributed by atoms with Crippen LogP contribution >= 0.6 is 11.8 Å². The van der Waals surface area contributed by atoms with E-state index in [-0.39, 0.29) is 23.6 Å². The number of carbonyl (C=O) groups excluding carboxylic acids is 1. The minimum absolute atomic E-state index is 0.137. The summed E-state index contributed by atoms with van der Waals surface area (Å²) >= 11 is 1.26. The predicted octanol–water partition coefficient (Wildman–Crippen LogP) is 4.12. The third kappa shape index (κ3) is 4.89. The first-order valence-electron chi connectivity index (χ1n) is 10.7. The number of hydrogen-bond acceptors (Lipinski definition) is 6. The van der Waals surface area contributed by atoms with Crippen LogP contribution < -0.4 is 14.8 Å². The Balaban J connectivity index is 1.26. The van der Waals surface area contributed by atoms with Gasteiger partial charge in [-0.1, -0.05) is 54.2 Å². The van der Waals surface area contributed by atoms with E-state index in [0.29, 0.717) is 41.3 Å². The molecule has 1 aliphatic heterocycles. The second-order valence-corrected chi connectivity index (χ2v) is 8.52. The van der Waals surface area contributed by atoms with Gasteiger partial charge >= 0.3 is 0 Å². The zero-order valence-corrected chi connectivity index (χ0v) is 18.9. The fraction of sp³-hybridized carbons (Fsp3) is 0.160. The minimum Gasteiger partial charge on any atom is -0.486 e. The van der Waals surface area contributed by atoms with Crippen molar-refractivity contribution < 1.29 is 18.7 Å². The van der Waals surface area contributed by atoms with Gasteiger partial charge in [0.1, 0.15) is 18.5 Å². The standard InChI is InChI=1S/C25H21FN4O3S/c26-18-10-12-19(13-11-18)30-24(17-6-2-1-3-7-17)28-29-25(30)34-16-23(31)27-14-20-15-32-21-8-4-5-9-22(21)33-20/h1-13,20H,14-16H2,(H,27,31)/t20-/m1/s1. The maximum absolute atomic E-state index is 13.5. The first-order valence-corrected chi connectivity index (χ1v) is 11.7. The van der Waals surface area contributed by atoms with Crippen molar-refractivity contribution in [3.8, 4) is 28.6 Å². The Kier molecular flexibility index (Phi) is 6.44. The van der Waals surface area contributed by atoms with E-state index in [4.69, 9.17) is 9.47 Å². The summed E-state index contributed by atoms with van der Waals surface area (Å²) in [5.41, 5.74) is 1.57. The Morgan fingerprint density at radius 1 is 1.00 bits per heavy atom. The van der Waals surface area contributed by atoms with E-state index in [9.17, 15) is 9.18 Å². The number of carbonyl (C=O) groups is 1. The van der Waals surface area contributed by atoms with Crippen molar-refractivity contribution in [1.29, 1.82) is 0 Å². The Labute approximate surface area is 199 Å². The summed E-state index contributed by atoms with van der Waals surface area (Å²) < 4.78 is 26.9. The molecular weight excluding hydrogens is 455 g/mol. The molecule has 1 amide bonds. The number of thioether (sulfide) groups is 1. The van der Waals surface area contributed by atoms with E-state index in [1.807, 2.05) is 59.2 Å². The zero-order valence-electron chi connectivity index (χ0n) is 18.1. The molecule has 7 nitrogen and oxygen atoms in total. The molecule has 2 heterocycles. The van der Waals surface area contributed by atoms with Gasteiger partial charge < -0.3 is 14.8 Å². The summed E-state index contributed by atoms with van der Waals surface area (Å²) in [6, 6.07) is 23.1. The van der Waals surface area contributed by atoms with Gasteiger partial charge in [-0.05, 0) is 36.4 Å². The first-order chi connectivity index (χ1) is 16.7. The molecule has 0 aliphatic carbocycles. The number of ether oxygens (including phenoxy) is 2. The highest BCUT2D eigenvalue weighted by atomic mass is 32.2. The van der Waals surface area contributed by atoms with Crippen molar-refractivity contribution in [2.75, 3.05) is 18.9 Å². The molecule has 4 aromatic rings. The fourth-order valence-electron chi connectivity index (χ4n) is 3.53. The maximum Gasteiger partial charge on any atom is 0.230 e. The molecule has 0 saturated carbocycles. The number of nitrogens with one attached hydrogen (secondary N) is 1. The largest absolute Gasteiger partial charge is 0.486 e. The molecule has 1 aliphatic rings. The zero-order chi connectivity index (χ0) is 23.3. The van der Waals surface area contributed by atoms with Gasteiger partial charge in [0, 0.05) is 11.3 Å². The number of hydrogen-bond donors (Lipinski definition) is 1. The smallest absolute Gasteiger partial charge is 0.230 e. The van der Waals surface area contributed by atoms with Crippen LogP contribution in [0.4, 0.5) is 4.39 Å². The van der Waals surface area contributed by atoms with Gasteiger partial charge in [0.15, 0.2) is 22.5 Å². The number of halogens is 1. The van der Waals surface area contributed by atoms with Crippen LogP contribution in [0.3, 0.4) is 0 Å². The van der Waals surface area contributed by atoms with Gasteiger partial charge in [0.25, 0.3) is 0 Å². The Hall–Kier alpha value is -3.85. The highest BCUT2D eigenvalue weighted by Gasteiger charge is 2.22. The van der Waals surface area contributed by atoms with Crippen LogP contribution in [-0.4, -0.2) is 45.7 Å². The normalized spacial score (nSPS) is 14.6. The molecule has 1 N–H and O–H groups in total. The monoisotopic (exact) mass is 476 g/mol. The average molecular weight is 477 g/mol. The van der Waals surface area contributed by atoms with Gasteiger partial charge in [0.05, 0.1) is 12.3 Å². The van der Waals surface area contributed by atoms with Crippen LogP contribution in [-0.2, 0) is 4.79 Å². The number of fused-ring (bicyclic) bond motifs is 1. The molecule has 0 saturated heterocycles. The lowest BCUT2D eigenvalue weighted by atomic mass is 10.2. The molecule has 172 valence electrons. The second-order valence-electron chi connectivity index (χ2n) is 7.57. The van der Waals surface area contributed by atoms with Crippen molar-refractivity contribution in [3.63, 3.8) is 0 Å². The lowest BCUT2D eigenvalue weighted by Gasteiger charge is -2.26. The topological polar surface area (TPSA) is 78.3 Å². The highest BCUT2D eigenvalue weighted by molar-refractivity contribution is 7.99. The number of para-hydroxylation sites is 2. The molecule has 5 rings (SSSR count). The van der Waals surface area contributed by atoms with Crippen molar-refractivity contribution in [1.82, 2.24) is 20.1 Å². The molecule has 0 bridgehead atoms. The highest BCUT2D eigenvalue weighted by Crippen LogP contribution is 2.31. The molecule has 0 spiro atoms. The van der Waals surface area contributed by atoms with Crippen molar-refractivity contribution >= 4 is 17.7 Å². The van der Waals surface area contributed by atoms with Crippen molar-refractivity contribution in [2.24, 2.45) is 0 Å². The van der Waals surface area contributed by atoms with Crippen molar-refractivity contribution in [2.45, 2.75) is 11.3 Å². The Morgan fingerprint density at radius 3 is 2.53 bits per heavy atom. The molecule has 1 aromatic heterocycles. The van der Waals surface area contributed by atoms with Crippen LogP contribution in [0.5, 0.6) is 11.5 Å². The molecule has 0 radical (unpaired) electrons. The van der Waals surface area contributed by atoms with E-state index in [2.05, 4.69) is 15.5 Å². The number of amides is 1. The lowest BCUT2D eigenvalue weighted by molar-refractivity contribution is -0.119. The third-order valence-corrected chi connectivity index (χ3v) is 6.11. The minimum atomic E-state index is -0.330. The van der Waals surface area contributed by atoms with Crippen LogP contribution in [0.1, 0.15) is 0 Å². The number of benzene rings is 3.